The fraction of sp³-hybridized carbons (Fsp3) is 0.242. The first-order chi connectivity index (χ1) is 20.7. The fourth-order valence-electron chi connectivity index (χ4n) is 4.86. The van der Waals surface area contributed by atoms with Gasteiger partial charge in [0.25, 0.3) is 0 Å². The summed E-state index contributed by atoms with van der Waals surface area (Å²) in [5, 5.41) is 11.6. The van der Waals surface area contributed by atoms with E-state index in [2.05, 4.69) is 4.98 Å². The van der Waals surface area contributed by atoms with Crippen LogP contribution < -0.4 is 10.5 Å². The van der Waals surface area contributed by atoms with Crippen molar-refractivity contribution in [2.75, 3.05) is 0 Å². The first-order valence-corrected chi connectivity index (χ1v) is 15.5. The van der Waals surface area contributed by atoms with E-state index in [1.54, 1.807) is 48.5 Å². The molecule has 44 heavy (non-hydrogen) atoms. The Morgan fingerprint density at radius 3 is 2.34 bits per heavy atom. The van der Waals surface area contributed by atoms with Crippen molar-refractivity contribution >= 4 is 33.8 Å². The third-order valence-electron chi connectivity index (χ3n) is 7.40. The Kier molecular flexibility index (Phi) is 9.78. The molecule has 0 spiro atoms. The van der Waals surface area contributed by atoms with Crippen LogP contribution in [0.15, 0.2) is 101 Å². The molecule has 230 valence electrons. The zero-order chi connectivity index (χ0) is 32.1. The number of pyridine rings is 1. The minimum absolute atomic E-state index is 0.00864. The predicted octanol–water partition coefficient (Wildman–Crippen LogP) is 6.72. The maximum atomic E-state index is 13.5. The molecule has 0 saturated heterocycles. The summed E-state index contributed by atoms with van der Waals surface area (Å²) in [5.74, 6) is 0.253. The summed E-state index contributed by atoms with van der Waals surface area (Å²) >= 11 is 6.13. The minimum atomic E-state index is -3.96. The SMILES string of the molecule is CC(C)(C)C(Cc1ccc(S(=O)(=O)c2cccc(Oc3ncccc3C=O)c2)cc1)(C[C@@H](O)c1cccc(Cl)c1)OC(N)=O. The molecule has 1 amide bonds. The lowest BCUT2D eigenvalue weighted by molar-refractivity contribution is -0.0931. The Hall–Kier alpha value is -4.25. The second kappa shape index (κ2) is 13.2. The number of nitrogens with zero attached hydrogens (tertiary/aromatic N) is 1. The van der Waals surface area contributed by atoms with Crippen molar-refractivity contribution in [1.29, 1.82) is 0 Å². The van der Waals surface area contributed by atoms with Crippen LogP contribution >= 0.6 is 11.6 Å². The maximum absolute atomic E-state index is 13.5. The lowest BCUT2D eigenvalue weighted by Crippen LogP contribution is -2.51. The molecule has 0 fully saturated rings. The molecule has 3 N–H and O–H groups in total. The number of aromatic nitrogens is 1. The molecule has 11 heteroatoms. The van der Waals surface area contributed by atoms with Gasteiger partial charge in [-0.1, -0.05) is 62.7 Å². The number of nitrogens with two attached hydrogens (primary N) is 1. The Balaban J connectivity index is 1.62. The number of halogens is 1. The van der Waals surface area contributed by atoms with Gasteiger partial charge in [-0.05, 0) is 65.7 Å². The first kappa shape index (κ1) is 32.7. The summed E-state index contributed by atoms with van der Waals surface area (Å²) < 4.78 is 38.5. The number of hydrogen-bond donors (Lipinski definition) is 2. The molecule has 0 aliphatic carbocycles. The van der Waals surface area contributed by atoms with Gasteiger partial charge in [0.2, 0.25) is 15.7 Å². The zero-order valence-corrected chi connectivity index (χ0v) is 26.0. The number of carbonyl (C=O) groups excluding carboxylic acids is 2. The Morgan fingerprint density at radius 1 is 1.00 bits per heavy atom. The van der Waals surface area contributed by atoms with Crippen LogP contribution in [-0.2, 0) is 21.0 Å². The second-order valence-electron chi connectivity index (χ2n) is 11.4. The van der Waals surface area contributed by atoms with Gasteiger partial charge in [-0.3, -0.25) is 4.79 Å². The van der Waals surface area contributed by atoms with Gasteiger partial charge in [0, 0.05) is 29.5 Å². The van der Waals surface area contributed by atoms with Crippen molar-refractivity contribution in [3.8, 4) is 11.6 Å². The van der Waals surface area contributed by atoms with Gasteiger partial charge >= 0.3 is 6.09 Å². The Labute approximate surface area is 261 Å². The summed E-state index contributed by atoms with van der Waals surface area (Å²) in [6.45, 7) is 5.62. The summed E-state index contributed by atoms with van der Waals surface area (Å²) in [6.07, 6.45) is 0.190. The molecule has 0 saturated carbocycles. The quantitative estimate of drug-likeness (QED) is 0.173. The maximum Gasteiger partial charge on any atom is 0.405 e. The molecule has 0 radical (unpaired) electrons. The summed E-state index contributed by atoms with van der Waals surface area (Å²) in [6, 6.07) is 22.0. The highest BCUT2D eigenvalue weighted by Gasteiger charge is 2.47. The first-order valence-electron chi connectivity index (χ1n) is 13.7. The number of benzene rings is 3. The molecule has 4 aromatic rings. The largest absolute Gasteiger partial charge is 0.442 e. The predicted molar refractivity (Wildman–Crippen MR) is 166 cm³/mol. The van der Waals surface area contributed by atoms with Crippen molar-refractivity contribution in [1.82, 2.24) is 4.98 Å². The van der Waals surface area contributed by atoms with Gasteiger partial charge in [0.1, 0.15) is 11.4 Å². The number of rotatable bonds is 11. The number of hydrogen-bond acceptors (Lipinski definition) is 8. The molecule has 9 nitrogen and oxygen atoms in total. The molecule has 0 aliphatic heterocycles. The van der Waals surface area contributed by atoms with Crippen LogP contribution in [-0.4, -0.2) is 36.5 Å². The second-order valence-corrected chi connectivity index (χ2v) is 13.7. The summed E-state index contributed by atoms with van der Waals surface area (Å²) in [4.78, 5) is 27.5. The van der Waals surface area contributed by atoms with Gasteiger partial charge in [0.05, 0.1) is 21.5 Å². The highest BCUT2D eigenvalue weighted by Crippen LogP contribution is 2.43. The summed E-state index contributed by atoms with van der Waals surface area (Å²) in [7, 11) is -3.96. The van der Waals surface area contributed by atoms with Crippen molar-refractivity contribution in [2.24, 2.45) is 11.1 Å². The molecule has 0 bridgehead atoms. The molecule has 3 aromatic carbocycles. The van der Waals surface area contributed by atoms with Gasteiger partial charge in [-0.25, -0.2) is 18.2 Å². The standard InChI is InChI=1S/C33H33ClN2O7S/c1-32(2,3)33(43-31(35)39,20-29(38)23-7-4-9-25(34)17-23)19-22-12-14-27(15-13-22)44(40,41)28-11-5-10-26(18-28)42-30-24(21-37)8-6-16-36-30/h4-18,21,29,38H,19-20H2,1-3H3,(H2,35,39)/t29-,33?/m1/s1. The summed E-state index contributed by atoms with van der Waals surface area (Å²) in [5.41, 5.74) is 5.00. The van der Waals surface area contributed by atoms with Crippen molar-refractivity contribution in [3.63, 3.8) is 0 Å². The number of sulfone groups is 1. The molecule has 0 aliphatic rings. The Morgan fingerprint density at radius 2 is 1.70 bits per heavy atom. The van der Waals surface area contributed by atoms with Crippen LogP contribution in [0.1, 0.15) is 54.8 Å². The lowest BCUT2D eigenvalue weighted by atomic mass is 9.69. The molecule has 4 rings (SSSR count). The average molecular weight is 637 g/mol. The number of ether oxygens (including phenoxy) is 2. The number of amides is 1. The van der Waals surface area contributed by atoms with E-state index in [4.69, 9.17) is 26.8 Å². The molecular formula is C33H33ClN2O7S. The number of primary amides is 1. The van der Waals surface area contributed by atoms with Crippen LogP contribution in [0.5, 0.6) is 11.6 Å². The minimum Gasteiger partial charge on any atom is -0.442 e. The van der Waals surface area contributed by atoms with Gasteiger partial charge < -0.3 is 20.3 Å². The normalized spacial score (nSPS) is 13.8. The van der Waals surface area contributed by atoms with E-state index in [0.29, 0.717) is 22.4 Å². The Bertz CT molecular complexity index is 1750. The van der Waals surface area contributed by atoms with Crippen LogP contribution in [0.4, 0.5) is 4.79 Å². The van der Waals surface area contributed by atoms with Crippen LogP contribution in [0.2, 0.25) is 5.02 Å². The van der Waals surface area contributed by atoms with E-state index >= 15 is 0 Å². The van der Waals surface area contributed by atoms with E-state index in [9.17, 15) is 23.1 Å². The third-order valence-corrected chi connectivity index (χ3v) is 9.40. The third kappa shape index (κ3) is 7.45. The van der Waals surface area contributed by atoms with E-state index < -0.39 is 33.1 Å². The van der Waals surface area contributed by atoms with Crippen molar-refractivity contribution in [2.45, 2.75) is 55.1 Å². The number of aliphatic hydroxyl groups excluding tert-OH is 1. The monoisotopic (exact) mass is 636 g/mol. The lowest BCUT2D eigenvalue weighted by Gasteiger charge is -2.45. The molecule has 1 aromatic heterocycles. The highest BCUT2D eigenvalue weighted by molar-refractivity contribution is 7.91. The van der Waals surface area contributed by atoms with E-state index in [1.807, 2.05) is 20.8 Å². The topological polar surface area (TPSA) is 146 Å². The number of aliphatic hydroxyl groups is 1. The molecular weight excluding hydrogens is 604 g/mol. The molecule has 1 unspecified atom stereocenters. The average Bonchev–Trinajstić information content (AvgIpc) is 2.97. The van der Waals surface area contributed by atoms with Crippen LogP contribution in [0.25, 0.3) is 0 Å². The van der Waals surface area contributed by atoms with E-state index in [0.717, 1.165) is 0 Å². The number of aldehydes is 1. The molecule has 1 heterocycles. The van der Waals surface area contributed by atoms with Crippen LogP contribution in [0.3, 0.4) is 0 Å². The zero-order valence-electron chi connectivity index (χ0n) is 24.4. The number of carbonyl (C=O) groups is 2. The molecule has 2 atom stereocenters. The van der Waals surface area contributed by atoms with Crippen LogP contribution in [0, 0.1) is 5.41 Å². The smallest absolute Gasteiger partial charge is 0.405 e. The highest BCUT2D eigenvalue weighted by atomic mass is 35.5. The van der Waals surface area contributed by atoms with Gasteiger partial charge in [-0.15, -0.1) is 0 Å². The van der Waals surface area contributed by atoms with E-state index in [-0.39, 0.29) is 39.8 Å². The van der Waals surface area contributed by atoms with Crippen molar-refractivity contribution < 1.29 is 32.6 Å². The van der Waals surface area contributed by atoms with E-state index in [1.165, 1.54) is 42.6 Å². The fourth-order valence-corrected chi connectivity index (χ4v) is 6.35. The van der Waals surface area contributed by atoms with Gasteiger partial charge in [-0.2, -0.15) is 0 Å². The van der Waals surface area contributed by atoms with Crippen molar-refractivity contribution in [3.05, 3.63) is 113 Å². The van der Waals surface area contributed by atoms with Gasteiger partial charge in [0.15, 0.2) is 6.29 Å².